The average molecular weight is 526 g/mol. The largest absolute Gasteiger partial charge is 0.496 e. The molecule has 2 aromatic rings. The Morgan fingerprint density at radius 2 is 1.63 bits per heavy atom. The second-order valence-corrected chi connectivity index (χ2v) is 12.0. The lowest BCUT2D eigenvalue weighted by molar-refractivity contribution is 0.0940. The molecule has 0 saturated carbocycles. The molecule has 0 unspecified atom stereocenters. The van der Waals surface area contributed by atoms with Crippen LogP contribution in [0.4, 0.5) is 0 Å². The number of amides is 1. The minimum absolute atomic E-state index is 0.0221. The van der Waals surface area contributed by atoms with E-state index in [0.29, 0.717) is 18.8 Å². The molecule has 192 valence electrons. The van der Waals surface area contributed by atoms with Crippen molar-refractivity contribution in [2.45, 2.75) is 42.5 Å². The van der Waals surface area contributed by atoms with Gasteiger partial charge in [0, 0.05) is 25.7 Å². The summed E-state index contributed by atoms with van der Waals surface area (Å²) in [7, 11) is -6.01. The van der Waals surface area contributed by atoms with Gasteiger partial charge in [0.2, 0.25) is 20.0 Å². The van der Waals surface area contributed by atoms with Gasteiger partial charge in [0.05, 0.1) is 22.5 Å². The van der Waals surface area contributed by atoms with Gasteiger partial charge >= 0.3 is 0 Å². The molecule has 10 nitrogen and oxygen atoms in total. The number of hydrogen-bond donors (Lipinski definition) is 2. The summed E-state index contributed by atoms with van der Waals surface area (Å²) in [5, 5.41) is 2.72. The predicted molar refractivity (Wildman–Crippen MR) is 131 cm³/mol. The van der Waals surface area contributed by atoms with Gasteiger partial charge in [-0.3, -0.25) is 4.79 Å². The van der Waals surface area contributed by atoms with E-state index in [-0.39, 0.29) is 40.3 Å². The van der Waals surface area contributed by atoms with Gasteiger partial charge in [-0.15, -0.1) is 0 Å². The van der Waals surface area contributed by atoms with Crippen molar-refractivity contribution in [2.75, 3.05) is 33.4 Å². The van der Waals surface area contributed by atoms with Crippen LogP contribution in [0.5, 0.6) is 11.5 Å². The average Bonchev–Trinajstić information content (AvgIpc) is 3.37. The minimum Gasteiger partial charge on any atom is -0.496 e. The van der Waals surface area contributed by atoms with Crippen LogP contribution in [0.2, 0.25) is 0 Å². The summed E-state index contributed by atoms with van der Waals surface area (Å²) >= 11 is 0. The van der Waals surface area contributed by atoms with Crippen molar-refractivity contribution in [3.8, 4) is 11.5 Å². The van der Waals surface area contributed by atoms with Gasteiger partial charge in [0.15, 0.2) is 0 Å². The van der Waals surface area contributed by atoms with Crippen LogP contribution in [0.1, 0.15) is 37.0 Å². The minimum atomic E-state index is -3.91. The Labute approximate surface area is 206 Å². The highest BCUT2D eigenvalue weighted by atomic mass is 32.2. The molecule has 1 fully saturated rings. The van der Waals surface area contributed by atoms with E-state index in [2.05, 4.69) is 10.0 Å². The van der Waals surface area contributed by atoms with Crippen molar-refractivity contribution in [2.24, 2.45) is 0 Å². The third-order valence-corrected chi connectivity index (χ3v) is 8.71. The normalized spacial score (nSPS) is 14.7. The van der Waals surface area contributed by atoms with Crippen LogP contribution in [-0.4, -0.2) is 66.4 Å². The van der Waals surface area contributed by atoms with Gasteiger partial charge in [0.1, 0.15) is 18.1 Å². The van der Waals surface area contributed by atoms with Crippen molar-refractivity contribution in [3.63, 3.8) is 0 Å². The highest BCUT2D eigenvalue weighted by Crippen LogP contribution is 2.24. The summed E-state index contributed by atoms with van der Waals surface area (Å²) in [6, 6.07) is 9.96. The van der Waals surface area contributed by atoms with E-state index in [1.54, 1.807) is 26.0 Å². The lowest BCUT2D eigenvalue weighted by Crippen LogP contribution is -2.31. The van der Waals surface area contributed by atoms with Gasteiger partial charge in [-0.05, 0) is 69.2 Å². The molecule has 0 spiro atoms. The number of sulfonamides is 2. The third-order valence-electron chi connectivity index (χ3n) is 5.34. The molecule has 2 N–H and O–H groups in total. The van der Waals surface area contributed by atoms with Gasteiger partial charge in [0.25, 0.3) is 5.91 Å². The van der Waals surface area contributed by atoms with Crippen LogP contribution < -0.4 is 19.5 Å². The maximum absolute atomic E-state index is 12.7. The molecule has 0 bridgehead atoms. The second kappa shape index (κ2) is 11.4. The summed E-state index contributed by atoms with van der Waals surface area (Å²) in [4.78, 5) is 12.5. The SMILES string of the molecule is COc1ccc(S(=O)(=O)NCCOc2ccc(S(=O)(=O)N3CCCC3)cc2)cc1C(=O)NC(C)C. The van der Waals surface area contributed by atoms with Gasteiger partial charge in [-0.2, -0.15) is 4.31 Å². The quantitative estimate of drug-likeness (QED) is 0.429. The number of methoxy groups -OCH3 is 1. The van der Waals surface area contributed by atoms with Crippen LogP contribution in [0.3, 0.4) is 0 Å². The van der Waals surface area contributed by atoms with E-state index in [1.807, 2.05) is 0 Å². The molecule has 2 aromatic carbocycles. The fourth-order valence-corrected chi connectivity index (χ4v) is 6.14. The molecule has 1 saturated heterocycles. The zero-order valence-electron chi connectivity index (χ0n) is 20.0. The Kier molecular flexibility index (Phi) is 8.75. The molecule has 1 heterocycles. The molecule has 0 aromatic heterocycles. The first kappa shape index (κ1) is 26.9. The standard InChI is InChI=1S/C23H31N3O7S2/c1-17(2)25-23(27)21-16-20(10-11-22(21)32-3)34(28,29)24-12-15-33-18-6-8-19(9-7-18)35(30,31)26-13-4-5-14-26/h6-11,16-17,24H,4-5,12-15H2,1-3H3,(H,25,27). The van der Waals surface area contributed by atoms with Crippen molar-refractivity contribution >= 4 is 26.0 Å². The summed E-state index contributed by atoms with van der Waals surface area (Å²) in [5.74, 6) is 0.245. The first-order chi connectivity index (χ1) is 16.5. The van der Waals surface area contributed by atoms with Crippen molar-refractivity contribution in [1.29, 1.82) is 0 Å². The van der Waals surface area contributed by atoms with Crippen molar-refractivity contribution in [3.05, 3.63) is 48.0 Å². The number of ether oxygens (including phenoxy) is 2. The molecule has 0 atom stereocenters. The number of nitrogens with zero attached hydrogens (tertiary/aromatic N) is 1. The van der Waals surface area contributed by atoms with Crippen LogP contribution >= 0.6 is 0 Å². The van der Waals surface area contributed by atoms with E-state index in [0.717, 1.165) is 12.8 Å². The summed E-state index contributed by atoms with van der Waals surface area (Å²) in [5.41, 5.74) is 0.115. The molecular formula is C23H31N3O7S2. The third kappa shape index (κ3) is 6.72. The maximum atomic E-state index is 12.7. The number of carbonyl (C=O) groups is 1. The summed E-state index contributed by atoms with van der Waals surface area (Å²) in [6.07, 6.45) is 1.72. The van der Waals surface area contributed by atoms with E-state index in [1.165, 1.54) is 41.7 Å². The second-order valence-electron chi connectivity index (χ2n) is 8.32. The summed E-state index contributed by atoms with van der Waals surface area (Å²) in [6.45, 7) is 4.64. The highest BCUT2D eigenvalue weighted by Gasteiger charge is 2.27. The molecule has 0 aliphatic carbocycles. The molecule has 1 amide bonds. The highest BCUT2D eigenvalue weighted by molar-refractivity contribution is 7.89. The first-order valence-electron chi connectivity index (χ1n) is 11.3. The smallest absolute Gasteiger partial charge is 0.255 e. The molecule has 35 heavy (non-hydrogen) atoms. The zero-order chi connectivity index (χ0) is 25.6. The van der Waals surface area contributed by atoms with E-state index < -0.39 is 26.0 Å². The molecule has 0 radical (unpaired) electrons. The van der Waals surface area contributed by atoms with Crippen LogP contribution in [0.15, 0.2) is 52.3 Å². The Hall–Kier alpha value is -2.67. The van der Waals surface area contributed by atoms with E-state index in [9.17, 15) is 21.6 Å². The Morgan fingerprint density at radius 3 is 2.23 bits per heavy atom. The summed E-state index contributed by atoms with van der Waals surface area (Å²) < 4.78 is 65.2. The van der Waals surface area contributed by atoms with Crippen molar-refractivity contribution < 1.29 is 31.1 Å². The van der Waals surface area contributed by atoms with Gasteiger partial charge < -0.3 is 14.8 Å². The molecular weight excluding hydrogens is 494 g/mol. The lowest BCUT2D eigenvalue weighted by Gasteiger charge is -2.16. The van der Waals surface area contributed by atoms with Gasteiger partial charge in [-0.1, -0.05) is 0 Å². The molecule has 1 aliphatic heterocycles. The van der Waals surface area contributed by atoms with E-state index in [4.69, 9.17) is 9.47 Å². The van der Waals surface area contributed by atoms with Crippen LogP contribution in [-0.2, 0) is 20.0 Å². The van der Waals surface area contributed by atoms with E-state index >= 15 is 0 Å². The number of hydrogen-bond acceptors (Lipinski definition) is 7. The molecule has 1 aliphatic rings. The topological polar surface area (TPSA) is 131 Å². The fourth-order valence-electron chi connectivity index (χ4n) is 3.59. The van der Waals surface area contributed by atoms with Gasteiger partial charge in [-0.25, -0.2) is 21.6 Å². The Morgan fingerprint density at radius 1 is 1.00 bits per heavy atom. The fraction of sp³-hybridized carbons (Fsp3) is 0.435. The van der Waals surface area contributed by atoms with Crippen LogP contribution in [0.25, 0.3) is 0 Å². The number of carbonyl (C=O) groups excluding carboxylic acids is 1. The maximum Gasteiger partial charge on any atom is 0.255 e. The first-order valence-corrected chi connectivity index (χ1v) is 14.2. The number of nitrogens with one attached hydrogen (secondary N) is 2. The molecule has 3 rings (SSSR count). The zero-order valence-corrected chi connectivity index (χ0v) is 21.6. The molecule has 12 heteroatoms. The number of benzene rings is 2. The lowest BCUT2D eigenvalue weighted by atomic mass is 10.2. The van der Waals surface area contributed by atoms with Crippen LogP contribution in [0, 0.1) is 0 Å². The monoisotopic (exact) mass is 525 g/mol. The Balaban J connectivity index is 1.58. The Bertz CT molecular complexity index is 1240. The number of rotatable bonds is 11. The predicted octanol–water partition coefficient (Wildman–Crippen LogP) is 1.98. The van der Waals surface area contributed by atoms with Crippen molar-refractivity contribution in [1.82, 2.24) is 14.3 Å².